The van der Waals surface area contributed by atoms with Gasteiger partial charge in [-0.2, -0.15) is 0 Å². The molecule has 5 heteroatoms. The van der Waals surface area contributed by atoms with Gasteiger partial charge in [0.15, 0.2) is 5.15 Å². The van der Waals surface area contributed by atoms with Gasteiger partial charge in [-0.3, -0.25) is 4.79 Å². The van der Waals surface area contributed by atoms with Crippen molar-refractivity contribution >= 4 is 34.1 Å². The van der Waals surface area contributed by atoms with Crippen LogP contribution in [0.15, 0.2) is 42.7 Å². The number of carbonyl (C=O) groups is 1. The van der Waals surface area contributed by atoms with Crippen LogP contribution >= 0.6 is 11.6 Å². The number of rotatable bonds is 2. The monoisotopic (exact) mass is 285 g/mol. The van der Waals surface area contributed by atoms with Gasteiger partial charge in [0.25, 0.3) is 5.91 Å². The summed E-state index contributed by atoms with van der Waals surface area (Å²) in [4.78, 5) is 19.3. The molecule has 0 bridgehead atoms. The molecule has 1 aromatic carbocycles. The van der Waals surface area contributed by atoms with Gasteiger partial charge in [-0.25, -0.2) is 4.98 Å². The maximum Gasteiger partial charge on any atom is 0.255 e. The number of aromatic nitrogens is 2. The Morgan fingerprint density at radius 1 is 1.30 bits per heavy atom. The number of hydrogen-bond acceptors (Lipinski definition) is 2. The van der Waals surface area contributed by atoms with Crippen molar-refractivity contribution in [2.75, 3.05) is 5.32 Å². The normalized spacial score (nSPS) is 10.7. The molecule has 2 aromatic heterocycles. The van der Waals surface area contributed by atoms with E-state index in [9.17, 15) is 4.79 Å². The number of carbonyl (C=O) groups excluding carboxylic acids is 1. The highest BCUT2D eigenvalue weighted by atomic mass is 35.5. The molecule has 100 valence electrons. The van der Waals surface area contributed by atoms with Gasteiger partial charge in [0, 0.05) is 23.5 Å². The topological polar surface area (TPSA) is 57.8 Å². The van der Waals surface area contributed by atoms with Crippen molar-refractivity contribution in [1.29, 1.82) is 0 Å². The number of benzene rings is 1. The molecule has 0 fully saturated rings. The van der Waals surface area contributed by atoms with Crippen LogP contribution in [-0.2, 0) is 0 Å². The second-order valence-corrected chi connectivity index (χ2v) is 4.89. The molecule has 0 unspecified atom stereocenters. The standard InChI is InChI=1S/C15H12ClN3O/c1-9-4-6-18-14(16)13(9)19-15(20)11-3-2-10-5-7-17-12(10)8-11/h2-8,17H,1H3,(H,19,20). The predicted molar refractivity (Wildman–Crippen MR) is 80.2 cm³/mol. The second kappa shape index (κ2) is 4.98. The molecule has 0 atom stereocenters. The van der Waals surface area contributed by atoms with E-state index in [1.165, 1.54) is 0 Å². The maximum atomic E-state index is 12.3. The molecule has 0 aliphatic carbocycles. The minimum atomic E-state index is -0.209. The van der Waals surface area contributed by atoms with E-state index in [1.807, 2.05) is 31.3 Å². The number of fused-ring (bicyclic) bond motifs is 1. The minimum absolute atomic E-state index is 0.209. The smallest absolute Gasteiger partial charge is 0.255 e. The third-order valence-electron chi connectivity index (χ3n) is 3.17. The molecule has 0 aliphatic rings. The van der Waals surface area contributed by atoms with E-state index in [1.54, 1.807) is 18.3 Å². The van der Waals surface area contributed by atoms with Crippen LogP contribution in [0.4, 0.5) is 5.69 Å². The molecule has 0 radical (unpaired) electrons. The van der Waals surface area contributed by atoms with Gasteiger partial charge in [-0.05, 0) is 42.1 Å². The summed E-state index contributed by atoms with van der Waals surface area (Å²) in [6.45, 7) is 1.87. The highest BCUT2D eigenvalue weighted by Gasteiger charge is 2.11. The van der Waals surface area contributed by atoms with Crippen LogP contribution in [0.5, 0.6) is 0 Å². The first-order chi connectivity index (χ1) is 9.65. The molecule has 0 aliphatic heterocycles. The average molecular weight is 286 g/mol. The van der Waals surface area contributed by atoms with Gasteiger partial charge >= 0.3 is 0 Å². The summed E-state index contributed by atoms with van der Waals surface area (Å²) >= 11 is 6.01. The Balaban J connectivity index is 1.92. The highest BCUT2D eigenvalue weighted by Crippen LogP contribution is 2.24. The van der Waals surface area contributed by atoms with E-state index in [0.29, 0.717) is 16.4 Å². The summed E-state index contributed by atoms with van der Waals surface area (Å²) in [5.74, 6) is -0.209. The number of nitrogens with one attached hydrogen (secondary N) is 2. The van der Waals surface area contributed by atoms with E-state index in [2.05, 4.69) is 15.3 Å². The van der Waals surface area contributed by atoms with Crippen molar-refractivity contribution in [3.05, 3.63) is 59.0 Å². The molecule has 4 nitrogen and oxygen atoms in total. The zero-order valence-electron chi connectivity index (χ0n) is 10.8. The zero-order valence-corrected chi connectivity index (χ0v) is 11.5. The number of aromatic amines is 1. The summed E-state index contributed by atoms with van der Waals surface area (Å²) in [7, 11) is 0. The lowest BCUT2D eigenvalue weighted by Gasteiger charge is -2.09. The van der Waals surface area contributed by atoms with Crippen LogP contribution in [0.2, 0.25) is 5.15 Å². The molecular formula is C15H12ClN3O. The summed E-state index contributed by atoms with van der Waals surface area (Å²) < 4.78 is 0. The minimum Gasteiger partial charge on any atom is -0.361 e. The Kier molecular flexibility index (Phi) is 3.16. The molecule has 20 heavy (non-hydrogen) atoms. The van der Waals surface area contributed by atoms with Gasteiger partial charge in [0.1, 0.15) is 0 Å². The largest absolute Gasteiger partial charge is 0.361 e. The SMILES string of the molecule is Cc1ccnc(Cl)c1NC(=O)c1ccc2cc[nH]c2c1. The number of aryl methyl sites for hydroxylation is 1. The van der Waals surface area contributed by atoms with E-state index in [-0.39, 0.29) is 5.91 Å². The lowest BCUT2D eigenvalue weighted by molar-refractivity contribution is 0.102. The third-order valence-corrected chi connectivity index (χ3v) is 3.46. The summed E-state index contributed by atoms with van der Waals surface area (Å²) in [6.07, 6.45) is 3.45. The van der Waals surface area contributed by atoms with Crippen LogP contribution < -0.4 is 5.32 Å². The fraction of sp³-hybridized carbons (Fsp3) is 0.0667. The predicted octanol–water partition coefficient (Wildman–Crippen LogP) is 3.78. The van der Waals surface area contributed by atoms with Crippen molar-refractivity contribution in [3.63, 3.8) is 0 Å². The second-order valence-electron chi connectivity index (χ2n) is 4.53. The van der Waals surface area contributed by atoms with Crippen LogP contribution in [0.3, 0.4) is 0 Å². The van der Waals surface area contributed by atoms with E-state index in [4.69, 9.17) is 11.6 Å². The maximum absolute atomic E-state index is 12.3. The van der Waals surface area contributed by atoms with Crippen LogP contribution in [0.25, 0.3) is 10.9 Å². The molecule has 2 heterocycles. The number of nitrogens with zero attached hydrogens (tertiary/aromatic N) is 1. The quantitative estimate of drug-likeness (QED) is 0.704. The number of anilines is 1. The first-order valence-electron chi connectivity index (χ1n) is 6.15. The third kappa shape index (κ3) is 2.26. The molecule has 3 aromatic rings. The Bertz CT molecular complexity index is 774. The summed E-state index contributed by atoms with van der Waals surface area (Å²) in [6, 6.07) is 9.25. The van der Waals surface area contributed by atoms with E-state index in [0.717, 1.165) is 16.5 Å². The summed E-state index contributed by atoms with van der Waals surface area (Å²) in [5.41, 5.74) is 2.91. The Hall–Kier alpha value is -2.33. The van der Waals surface area contributed by atoms with Gasteiger partial charge in [0.05, 0.1) is 5.69 Å². The number of halogens is 1. The van der Waals surface area contributed by atoms with Crippen molar-refractivity contribution in [3.8, 4) is 0 Å². The van der Waals surface area contributed by atoms with Gasteiger partial charge in [-0.15, -0.1) is 0 Å². The van der Waals surface area contributed by atoms with Gasteiger partial charge < -0.3 is 10.3 Å². The zero-order chi connectivity index (χ0) is 14.1. The van der Waals surface area contributed by atoms with Crippen molar-refractivity contribution in [2.45, 2.75) is 6.92 Å². The van der Waals surface area contributed by atoms with Crippen LogP contribution in [0, 0.1) is 6.92 Å². The molecule has 0 spiro atoms. The summed E-state index contributed by atoms with van der Waals surface area (Å²) in [5, 5.41) is 4.16. The molecule has 2 N–H and O–H groups in total. The molecule has 0 saturated heterocycles. The van der Waals surface area contributed by atoms with Crippen molar-refractivity contribution < 1.29 is 4.79 Å². The van der Waals surface area contributed by atoms with Crippen molar-refractivity contribution in [2.24, 2.45) is 0 Å². The molecule has 3 rings (SSSR count). The number of hydrogen-bond donors (Lipinski definition) is 2. The number of pyridine rings is 1. The molecular weight excluding hydrogens is 274 g/mol. The van der Waals surface area contributed by atoms with Crippen molar-refractivity contribution in [1.82, 2.24) is 9.97 Å². The first-order valence-corrected chi connectivity index (χ1v) is 6.52. The van der Waals surface area contributed by atoms with Crippen LogP contribution in [-0.4, -0.2) is 15.9 Å². The Morgan fingerprint density at radius 3 is 2.95 bits per heavy atom. The fourth-order valence-corrected chi connectivity index (χ4v) is 2.30. The molecule has 1 amide bonds. The lowest BCUT2D eigenvalue weighted by atomic mass is 10.1. The Labute approximate surface area is 120 Å². The van der Waals surface area contributed by atoms with Gasteiger partial charge in [-0.1, -0.05) is 17.7 Å². The number of H-pyrrole nitrogens is 1. The Morgan fingerprint density at radius 2 is 2.15 bits per heavy atom. The van der Waals surface area contributed by atoms with Gasteiger partial charge in [0.2, 0.25) is 0 Å². The number of amides is 1. The fourth-order valence-electron chi connectivity index (χ4n) is 2.05. The average Bonchev–Trinajstić information content (AvgIpc) is 2.90. The lowest BCUT2D eigenvalue weighted by Crippen LogP contribution is -2.13. The van der Waals surface area contributed by atoms with Crippen LogP contribution in [0.1, 0.15) is 15.9 Å². The highest BCUT2D eigenvalue weighted by molar-refractivity contribution is 6.32. The molecule has 0 saturated carbocycles. The van der Waals surface area contributed by atoms with E-state index >= 15 is 0 Å². The van der Waals surface area contributed by atoms with E-state index < -0.39 is 0 Å². The first kappa shape index (κ1) is 12.7.